The smallest absolute Gasteiger partial charge is 0.242 e. The van der Waals surface area contributed by atoms with Crippen LogP contribution in [0.25, 0.3) is 11.4 Å². The second-order valence-electron chi connectivity index (χ2n) is 7.29. The van der Waals surface area contributed by atoms with Crippen LogP contribution in [0.4, 0.5) is 0 Å². The number of nitrogens with one attached hydrogen (secondary N) is 1. The molecule has 0 fully saturated rings. The van der Waals surface area contributed by atoms with Gasteiger partial charge in [-0.25, -0.2) is 0 Å². The Balaban J connectivity index is 1.62. The number of aromatic nitrogens is 3. The Morgan fingerprint density at radius 1 is 1.10 bits per heavy atom. The number of likely N-dealkylation sites (N-methyl/N-ethyl adjacent to an activating group) is 1. The summed E-state index contributed by atoms with van der Waals surface area (Å²) < 4.78 is 7.96. The number of carbonyl (C=O) groups excluding carboxylic acids is 1. The lowest BCUT2D eigenvalue weighted by molar-refractivity contribution is -0.130. The molecule has 3 rings (SSSR count). The van der Waals surface area contributed by atoms with E-state index in [0.717, 1.165) is 28.0 Å². The highest BCUT2D eigenvalue weighted by molar-refractivity contribution is 7.71. The van der Waals surface area contributed by atoms with Crippen LogP contribution in [0.3, 0.4) is 0 Å². The van der Waals surface area contributed by atoms with E-state index in [1.165, 1.54) is 0 Å². The topological polar surface area (TPSA) is 63.2 Å². The molecule has 1 heterocycles. The fraction of sp³-hybridized carbons (Fsp3) is 0.318. The second-order valence-corrected chi connectivity index (χ2v) is 7.68. The van der Waals surface area contributed by atoms with Gasteiger partial charge in [0.15, 0.2) is 10.6 Å². The van der Waals surface area contributed by atoms with E-state index >= 15 is 0 Å². The maximum Gasteiger partial charge on any atom is 0.242 e. The lowest BCUT2D eigenvalue weighted by atomic mass is 10.1. The highest BCUT2D eigenvalue weighted by Gasteiger charge is 2.15. The largest absolute Gasteiger partial charge is 0.492 e. The van der Waals surface area contributed by atoms with E-state index in [4.69, 9.17) is 17.0 Å². The van der Waals surface area contributed by atoms with E-state index in [0.29, 0.717) is 23.7 Å². The molecule has 29 heavy (non-hydrogen) atoms. The molecule has 0 bridgehead atoms. The van der Waals surface area contributed by atoms with Crippen LogP contribution in [0.1, 0.15) is 16.7 Å². The lowest BCUT2D eigenvalue weighted by Crippen LogP contribution is -2.33. The Kier molecular flexibility index (Phi) is 6.49. The number of ether oxygens (including phenoxy) is 1. The molecule has 2 aromatic carbocycles. The lowest BCUT2D eigenvalue weighted by Gasteiger charge is -2.18. The third-order valence-electron chi connectivity index (χ3n) is 4.68. The van der Waals surface area contributed by atoms with Crippen molar-refractivity contribution in [3.05, 3.63) is 63.9 Å². The normalized spacial score (nSPS) is 10.8. The predicted octanol–water partition coefficient (Wildman–Crippen LogP) is 4.07. The Morgan fingerprint density at radius 3 is 2.41 bits per heavy atom. The quantitative estimate of drug-likeness (QED) is 0.597. The molecule has 7 heteroatoms. The molecule has 0 radical (unpaired) electrons. The number of amides is 1. The van der Waals surface area contributed by atoms with Gasteiger partial charge >= 0.3 is 0 Å². The maximum absolute atomic E-state index is 12.7. The molecule has 3 aromatic rings. The highest BCUT2D eigenvalue weighted by atomic mass is 32.1. The first-order valence-corrected chi connectivity index (χ1v) is 9.91. The molecule has 152 valence electrons. The monoisotopic (exact) mass is 410 g/mol. The molecule has 6 nitrogen and oxygen atoms in total. The standard InChI is InChI=1S/C22H26N4O2S/c1-15-5-7-18(8-6-15)21-23-24-22(29)26(21)14-20(27)25(4)9-10-28-19-12-16(2)11-17(3)13-19/h5-8,11-13H,9-10,14H2,1-4H3,(H,24,29). The van der Waals surface area contributed by atoms with Crippen molar-refractivity contribution in [2.24, 2.45) is 0 Å². The van der Waals surface area contributed by atoms with Crippen molar-refractivity contribution in [3.63, 3.8) is 0 Å². The Morgan fingerprint density at radius 2 is 1.76 bits per heavy atom. The van der Waals surface area contributed by atoms with Gasteiger partial charge in [-0.1, -0.05) is 35.9 Å². The Hall–Kier alpha value is -2.93. The van der Waals surface area contributed by atoms with Crippen LogP contribution in [0.2, 0.25) is 0 Å². The van der Waals surface area contributed by atoms with Crippen molar-refractivity contribution in [2.45, 2.75) is 27.3 Å². The van der Waals surface area contributed by atoms with Gasteiger partial charge < -0.3 is 9.64 Å². The number of nitrogens with zero attached hydrogens (tertiary/aromatic N) is 3. The van der Waals surface area contributed by atoms with Crippen molar-refractivity contribution < 1.29 is 9.53 Å². The first kappa shape index (κ1) is 20.8. The molecule has 0 atom stereocenters. The zero-order chi connectivity index (χ0) is 21.0. The van der Waals surface area contributed by atoms with E-state index in [9.17, 15) is 4.79 Å². The molecule has 0 aliphatic rings. The minimum absolute atomic E-state index is 0.0557. The number of H-pyrrole nitrogens is 1. The molecule has 0 aliphatic heterocycles. The number of hydrogen-bond donors (Lipinski definition) is 1. The minimum atomic E-state index is -0.0557. The van der Waals surface area contributed by atoms with Gasteiger partial charge in [0.05, 0.1) is 6.54 Å². The minimum Gasteiger partial charge on any atom is -0.492 e. The fourth-order valence-corrected chi connectivity index (χ4v) is 3.28. The molecule has 0 unspecified atom stereocenters. The summed E-state index contributed by atoms with van der Waals surface area (Å²) in [7, 11) is 1.77. The summed E-state index contributed by atoms with van der Waals surface area (Å²) in [6.45, 7) is 7.13. The first-order valence-electron chi connectivity index (χ1n) is 9.51. The molecular weight excluding hydrogens is 384 g/mol. The summed E-state index contributed by atoms with van der Waals surface area (Å²) in [5.74, 6) is 1.42. The van der Waals surface area contributed by atoms with Crippen LogP contribution in [0.15, 0.2) is 42.5 Å². The molecule has 1 amide bonds. The van der Waals surface area contributed by atoms with Gasteiger partial charge in [0.2, 0.25) is 5.91 Å². The third-order valence-corrected chi connectivity index (χ3v) is 4.99. The first-order chi connectivity index (χ1) is 13.8. The summed E-state index contributed by atoms with van der Waals surface area (Å²) in [5.41, 5.74) is 4.38. The molecule has 0 aliphatic carbocycles. The zero-order valence-electron chi connectivity index (χ0n) is 17.2. The zero-order valence-corrected chi connectivity index (χ0v) is 18.0. The fourth-order valence-electron chi connectivity index (χ4n) is 3.08. The van der Waals surface area contributed by atoms with Gasteiger partial charge in [0.1, 0.15) is 18.9 Å². The van der Waals surface area contributed by atoms with Crippen molar-refractivity contribution >= 4 is 18.1 Å². The Bertz CT molecular complexity index is 1030. The number of hydrogen-bond acceptors (Lipinski definition) is 4. The van der Waals surface area contributed by atoms with E-state index < -0.39 is 0 Å². The van der Waals surface area contributed by atoms with Crippen LogP contribution in [0.5, 0.6) is 5.75 Å². The Labute approximate surface area is 176 Å². The molecule has 0 saturated heterocycles. The highest BCUT2D eigenvalue weighted by Crippen LogP contribution is 2.18. The van der Waals surface area contributed by atoms with Gasteiger partial charge in [0.25, 0.3) is 0 Å². The summed E-state index contributed by atoms with van der Waals surface area (Å²) in [6.07, 6.45) is 0. The summed E-state index contributed by atoms with van der Waals surface area (Å²) in [5, 5.41) is 7.09. The van der Waals surface area contributed by atoms with Gasteiger partial charge in [-0.3, -0.25) is 14.5 Å². The van der Waals surface area contributed by atoms with Gasteiger partial charge in [-0.15, -0.1) is 0 Å². The molecule has 1 N–H and O–H groups in total. The molecule has 1 aromatic heterocycles. The van der Waals surface area contributed by atoms with E-state index in [1.54, 1.807) is 16.5 Å². The van der Waals surface area contributed by atoms with Gasteiger partial charge in [0, 0.05) is 12.6 Å². The summed E-state index contributed by atoms with van der Waals surface area (Å²) >= 11 is 5.33. The number of benzene rings is 2. The van der Waals surface area contributed by atoms with Crippen molar-refractivity contribution in [1.82, 2.24) is 19.7 Å². The number of carbonyl (C=O) groups is 1. The van der Waals surface area contributed by atoms with Crippen molar-refractivity contribution in [3.8, 4) is 17.1 Å². The van der Waals surface area contributed by atoms with Gasteiger partial charge in [-0.2, -0.15) is 5.10 Å². The van der Waals surface area contributed by atoms with Crippen LogP contribution < -0.4 is 4.74 Å². The van der Waals surface area contributed by atoms with E-state index in [-0.39, 0.29) is 12.5 Å². The summed E-state index contributed by atoms with van der Waals surface area (Å²) in [4.78, 5) is 14.4. The number of aromatic amines is 1. The SMILES string of the molecule is Cc1ccc(-c2n[nH]c(=S)n2CC(=O)N(C)CCOc2cc(C)cc(C)c2)cc1. The van der Waals surface area contributed by atoms with Crippen LogP contribution in [-0.2, 0) is 11.3 Å². The van der Waals surface area contributed by atoms with Crippen LogP contribution in [-0.4, -0.2) is 45.8 Å². The predicted molar refractivity (Wildman–Crippen MR) is 117 cm³/mol. The van der Waals surface area contributed by atoms with Gasteiger partial charge in [-0.05, 0) is 56.2 Å². The maximum atomic E-state index is 12.7. The number of rotatable bonds is 7. The molecule has 0 saturated carbocycles. The summed E-state index contributed by atoms with van der Waals surface area (Å²) in [6, 6.07) is 14.1. The average Bonchev–Trinajstić information content (AvgIpc) is 3.02. The number of aryl methyl sites for hydroxylation is 3. The molecular formula is C22H26N4O2S. The molecule has 0 spiro atoms. The third kappa shape index (κ3) is 5.32. The van der Waals surface area contributed by atoms with E-state index in [1.807, 2.05) is 57.2 Å². The van der Waals surface area contributed by atoms with Crippen molar-refractivity contribution in [1.29, 1.82) is 0 Å². The van der Waals surface area contributed by atoms with Crippen molar-refractivity contribution in [2.75, 3.05) is 20.2 Å². The van der Waals surface area contributed by atoms with E-state index in [2.05, 4.69) is 16.3 Å². The van der Waals surface area contributed by atoms with Crippen LogP contribution in [0, 0.1) is 25.5 Å². The second kappa shape index (κ2) is 9.05. The average molecular weight is 411 g/mol. The van der Waals surface area contributed by atoms with Crippen LogP contribution >= 0.6 is 12.2 Å².